The number of carboxylic acids is 1. The Labute approximate surface area is 116 Å². The number of benzene rings is 1. The summed E-state index contributed by atoms with van der Waals surface area (Å²) >= 11 is 0. The molecule has 1 aliphatic heterocycles. The third-order valence-corrected chi connectivity index (χ3v) is 3.30. The summed E-state index contributed by atoms with van der Waals surface area (Å²) in [5.41, 5.74) is 5.78. The lowest BCUT2D eigenvalue weighted by molar-refractivity contribution is 0.0697. The van der Waals surface area contributed by atoms with Crippen molar-refractivity contribution in [3.05, 3.63) is 23.8 Å². The van der Waals surface area contributed by atoms with Crippen LogP contribution in [0.5, 0.6) is 5.75 Å². The first kappa shape index (κ1) is 14.1. The van der Waals surface area contributed by atoms with Crippen LogP contribution in [0.15, 0.2) is 18.2 Å². The first-order chi connectivity index (χ1) is 9.47. The van der Waals surface area contributed by atoms with Crippen molar-refractivity contribution >= 4 is 17.7 Å². The highest BCUT2D eigenvalue weighted by Gasteiger charge is 2.22. The number of rotatable bonds is 2. The van der Waals surface area contributed by atoms with Crippen molar-refractivity contribution in [2.75, 3.05) is 18.4 Å². The molecule has 0 bridgehead atoms. The van der Waals surface area contributed by atoms with Gasteiger partial charge in [0, 0.05) is 19.1 Å². The second-order valence-electron chi connectivity index (χ2n) is 4.79. The number of anilines is 1. The van der Waals surface area contributed by atoms with E-state index < -0.39 is 5.97 Å². The highest BCUT2D eigenvalue weighted by atomic mass is 16.4. The number of likely N-dealkylation sites (tertiary alicyclic amines) is 1. The number of amides is 2. The summed E-state index contributed by atoms with van der Waals surface area (Å²) in [5.74, 6) is -1.37. The number of carbonyl (C=O) groups is 2. The van der Waals surface area contributed by atoms with E-state index in [1.165, 1.54) is 12.1 Å². The number of carbonyl (C=O) groups excluding carboxylic acids is 1. The molecule has 2 rings (SSSR count). The van der Waals surface area contributed by atoms with E-state index >= 15 is 0 Å². The molecule has 1 aromatic carbocycles. The van der Waals surface area contributed by atoms with Gasteiger partial charge in [-0.2, -0.15) is 0 Å². The zero-order valence-electron chi connectivity index (χ0n) is 10.9. The lowest BCUT2D eigenvalue weighted by atomic mass is 10.1. The molecule has 1 aliphatic rings. The van der Waals surface area contributed by atoms with Gasteiger partial charge in [-0.1, -0.05) is 0 Å². The standard InChI is InChI=1S/C13H17N3O4/c14-8-3-5-16(6-4-8)13(20)15-11-2-1-9(17)7-10(11)12(18)19/h1-2,7-8,17H,3-6,14H2,(H,15,20)(H,18,19). The molecular weight excluding hydrogens is 262 g/mol. The molecule has 0 saturated carbocycles. The fraction of sp³-hybridized carbons (Fsp3) is 0.385. The Hall–Kier alpha value is -2.28. The summed E-state index contributed by atoms with van der Waals surface area (Å²) in [6.45, 7) is 1.10. The molecular formula is C13H17N3O4. The molecule has 0 radical (unpaired) electrons. The minimum Gasteiger partial charge on any atom is -0.508 e. The maximum absolute atomic E-state index is 12.1. The van der Waals surface area contributed by atoms with Crippen molar-refractivity contribution in [2.45, 2.75) is 18.9 Å². The predicted molar refractivity (Wildman–Crippen MR) is 72.9 cm³/mol. The Morgan fingerprint density at radius 2 is 1.95 bits per heavy atom. The number of phenolic OH excluding ortho intramolecular Hbond substituents is 1. The Kier molecular flexibility index (Phi) is 4.09. The maximum atomic E-state index is 12.1. The van der Waals surface area contributed by atoms with E-state index in [2.05, 4.69) is 5.32 Å². The molecule has 7 heteroatoms. The van der Waals surface area contributed by atoms with Gasteiger partial charge in [-0.25, -0.2) is 9.59 Å². The molecule has 1 saturated heterocycles. The van der Waals surface area contributed by atoms with Crippen molar-refractivity contribution in [2.24, 2.45) is 5.73 Å². The molecule has 2 amide bonds. The number of urea groups is 1. The molecule has 20 heavy (non-hydrogen) atoms. The van der Waals surface area contributed by atoms with Crippen LogP contribution in [0.1, 0.15) is 23.2 Å². The normalized spacial score (nSPS) is 15.9. The van der Waals surface area contributed by atoms with Gasteiger partial charge in [0.1, 0.15) is 5.75 Å². The smallest absolute Gasteiger partial charge is 0.337 e. The number of nitrogens with zero attached hydrogens (tertiary/aromatic N) is 1. The van der Waals surface area contributed by atoms with Crippen molar-refractivity contribution in [3.63, 3.8) is 0 Å². The zero-order valence-corrected chi connectivity index (χ0v) is 10.9. The summed E-state index contributed by atoms with van der Waals surface area (Å²) in [6.07, 6.45) is 1.46. The molecule has 0 aromatic heterocycles. The van der Waals surface area contributed by atoms with E-state index in [-0.39, 0.29) is 29.1 Å². The third-order valence-electron chi connectivity index (χ3n) is 3.30. The van der Waals surface area contributed by atoms with Crippen molar-refractivity contribution in [1.82, 2.24) is 4.90 Å². The lowest BCUT2D eigenvalue weighted by Gasteiger charge is -2.30. The zero-order chi connectivity index (χ0) is 14.7. The molecule has 0 atom stereocenters. The summed E-state index contributed by atoms with van der Waals surface area (Å²) in [5, 5.41) is 20.9. The molecule has 0 unspecified atom stereocenters. The van der Waals surface area contributed by atoms with E-state index in [4.69, 9.17) is 10.8 Å². The Balaban J connectivity index is 2.10. The molecule has 0 aliphatic carbocycles. The fourth-order valence-corrected chi connectivity index (χ4v) is 2.11. The molecule has 1 aromatic rings. The number of hydrogen-bond donors (Lipinski definition) is 4. The number of nitrogens with one attached hydrogen (secondary N) is 1. The number of hydrogen-bond acceptors (Lipinski definition) is 4. The van der Waals surface area contributed by atoms with Crippen LogP contribution in [0.3, 0.4) is 0 Å². The number of phenols is 1. The monoisotopic (exact) mass is 279 g/mol. The van der Waals surface area contributed by atoms with Gasteiger partial charge >= 0.3 is 12.0 Å². The summed E-state index contributed by atoms with van der Waals surface area (Å²) in [6, 6.07) is 3.55. The number of piperidine rings is 1. The average Bonchev–Trinajstić information content (AvgIpc) is 2.41. The van der Waals surface area contributed by atoms with Crippen molar-refractivity contribution in [1.29, 1.82) is 0 Å². The van der Waals surface area contributed by atoms with Gasteiger partial charge in [0.25, 0.3) is 0 Å². The Morgan fingerprint density at radius 1 is 1.30 bits per heavy atom. The van der Waals surface area contributed by atoms with E-state index in [1.54, 1.807) is 4.90 Å². The van der Waals surface area contributed by atoms with Gasteiger partial charge in [0.2, 0.25) is 0 Å². The predicted octanol–water partition coefficient (Wildman–Crippen LogP) is 1.05. The van der Waals surface area contributed by atoms with Crippen LogP contribution >= 0.6 is 0 Å². The van der Waals surface area contributed by atoms with Gasteiger partial charge in [0.15, 0.2) is 0 Å². The maximum Gasteiger partial charge on any atom is 0.337 e. The SMILES string of the molecule is NC1CCN(C(=O)Nc2ccc(O)cc2C(=O)O)CC1. The topological polar surface area (TPSA) is 116 Å². The quantitative estimate of drug-likeness (QED) is 0.604. The summed E-state index contributed by atoms with van der Waals surface area (Å²) < 4.78 is 0. The minimum absolute atomic E-state index is 0.113. The van der Waals surface area contributed by atoms with Crippen LogP contribution in [-0.2, 0) is 0 Å². The van der Waals surface area contributed by atoms with Gasteiger partial charge in [-0.15, -0.1) is 0 Å². The van der Waals surface area contributed by atoms with Gasteiger partial charge < -0.3 is 26.2 Å². The van der Waals surface area contributed by atoms with Crippen LogP contribution in [0.2, 0.25) is 0 Å². The lowest BCUT2D eigenvalue weighted by Crippen LogP contribution is -2.44. The number of nitrogens with two attached hydrogens (primary N) is 1. The molecule has 5 N–H and O–H groups in total. The largest absolute Gasteiger partial charge is 0.508 e. The van der Waals surface area contributed by atoms with E-state index in [0.717, 1.165) is 18.9 Å². The molecule has 108 valence electrons. The van der Waals surface area contributed by atoms with E-state index in [0.29, 0.717) is 13.1 Å². The number of aromatic carboxylic acids is 1. The highest BCUT2D eigenvalue weighted by Crippen LogP contribution is 2.22. The first-order valence-electron chi connectivity index (χ1n) is 6.35. The van der Waals surface area contributed by atoms with Gasteiger partial charge in [-0.05, 0) is 31.0 Å². The highest BCUT2D eigenvalue weighted by molar-refractivity contribution is 6.00. The Bertz CT molecular complexity index is 524. The minimum atomic E-state index is -1.21. The van der Waals surface area contributed by atoms with E-state index in [1.807, 2.05) is 0 Å². The second kappa shape index (κ2) is 5.79. The van der Waals surface area contributed by atoms with Gasteiger partial charge in [0.05, 0.1) is 11.3 Å². The van der Waals surface area contributed by atoms with Crippen LogP contribution in [0.25, 0.3) is 0 Å². The first-order valence-corrected chi connectivity index (χ1v) is 6.35. The van der Waals surface area contributed by atoms with Crippen molar-refractivity contribution < 1.29 is 19.8 Å². The van der Waals surface area contributed by atoms with Crippen molar-refractivity contribution in [3.8, 4) is 5.75 Å². The average molecular weight is 279 g/mol. The number of aromatic hydroxyl groups is 1. The number of carboxylic acid groups (broad SMARTS) is 1. The Morgan fingerprint density at radius 3 is 2.55 bits per heavy atom. The third kappa shape index (κ3) is 3.18. The van der Waals surface area contributed by atoms with Crippen LogP contribution in [-0.4, -0.2) is 46.2 Å². The van der Waals surface area contributed by atoms with Gasteiger partial charge in [-0.3, -0.25) is 0 Å². The second-order valence-corrected chi connectivity index (χ2v) is 4.79. The summed E-state index contributed by atoms with van der Waals surface area (Å²) in [7, 11) is 0. The van der Waals surface area contributed by atoms with Crippen LogP contribution in [0.4, 0.5) is 10.5 Å². The molecule has 1 heterocycles. The van der Waals surface area contributed by atoms with E-state index in [9.17, 15) is 14.7 Å². The van der Waals surface area contributed by atoms with Crippen LogP contribution in [0, 0.1) is 0 Å². The molecule has 7 nitrogen and oxygen atoms in total. The molecule has 1 fully saturated rings. The molecule has 0 spiro atoms. The van der Waals surface area contributed by atoms with Crippen LogP contribution < -0.4 is 11.1 Å². The fourth-order valence-electron chi connectivity index (χ4n) is 2.11. The summed E-state index contributed by atoms with van der Waals surface area (Å²) in [4.78, 5) is 24.7.